The van der Waals surface area contributed by atoms with Gasteiger partial charge < -0.3 is 4.98 Å². The van der Waals surface area contributed by atoms with Crippen LogP contribution < -0.4 is 5.19 Å². The molecule has 0 fully saturated rings. The SMILES string of the molecule is CC(C)Cc1cc(-c2[c-]cccc2)ncc1[Si](C)(C)C.[Ir].[c-]1ccccc1-c1ccc2[se]c(-c3ccccc3)cc2n1. The van der Waals surface area contributed by atoms with Crippen molar-refractivity contribution in [1.82, 2.24) is 9.97 Å². The second-order valence-corrected chi connectivity index (χ2v) is 19.0. The summed E-state index contributed by atoms with van der Waals surface area (Å²) >= 11 is 0.350. The number of hydrogen-bond acceptors (Lipinski definition) is 2. The third-order valence-electron chi connectivity index (χ3n) is 6.83. The van der Waals surface area contributed by atoms with Crippen LogP contribution in [0.15, 0.2) is 109 Å². The van der Waals surface area contributed by atoms with E-state index in [9.17, 15) is 0 Å². The van der Waals surface area contributed by atoms with Gasteiger partial charge >= 0.3 is 129 Å². The van der Waals surface area contributed by atoms with Crippen molar-refractivity contribution >= 4 is 37.5 Å². The summed E-state index contributed by atoms with van der Waals surface area (Å²) in [4.78, 5) is 9.49. The Kier molecular flexibility index (Phi) is 11.1. The van der Waals surface area contributed by atoms with Crippen LogP contribution in [0.2, 0.25) is 19.6 Å². The molecule has 6 rings (SSSR count). The summed E-state index contributed by atoms with van der Waals surface area (Å²) in [7, 11) is -1.34. The van der Waals surface area contributed by atoms with E-state index >= 15 is 0 Å². The van der Waals surface area contributed by atoms with Gasteiger partial charge in [-0.1, -0.05) is 45.1 Å². The summed E-state index contributed by atoms with van der Waals surface area (Å²) in [6.45, 7) is 11.7. The first kappa shape index (κ1) is 32.0. The second kappa shape index (κ2) is 14.5. The molecule has 5 heteroatoms. The van der Waals surface area contributed by atoms with Crippen LogP contribution in [0, 0.1) is 18.1 Å². The van der Waals surface area contributed by atoms with E-state index in [0.29, 0.717) is 20.4 Å². The van der Waals surface area contributed by atoms with Gasteiger partial charge in [0.15, 0.2) is 0 Å². The van der Waals surface area contributed by atoms with Gasteiger partial charge in [-0.25, -0.2) is 0 Å². The van der Waals surface area contributed by atoms with Gasteiger partial charge in [-0.2, -0.15) is 0 Å². The second-order valence-electron chi connectivity index (χ2n) is 11.7. The number of benzene rings is 3. The topological polar surface area (TPSA) is 25.8 Å². The molecule has 0 atom stereocenters. The van der Waals surface area contributed by atoms with Crippen LogP contribution in [0.25, 0.3) is 42.3 Å². The summed E-state index contributed by atoms with van der Waals surface area (Å²) < 4.78 is 2.76. The van der Waals surface area contributed by atoms with Crippen molar-refractivity contribution in [2.75, 3.05) is 0 Å². The molecule has 42 heavy (non-hydrogen) atoms. The molecule has 0 saturated carbocycles. The molecule has 0 amide bonds. The van der Waals surface area contributed by atoms with Gasteiger partial charge in [0.2, 0.25) is 0 Å². The summed E-state index contributed by atoms with van der Waals surface area (Å²) in [5.74, 6) is 0.667. The molecule has 0 N–H and O–H groups in total. The zero-order valence-electron chi connectivity index (χ0n) is 24.8. The fourth-order valence-electron chi connectivity index (χ4n) is 4.85. The Bertz CT molecular complexity index is 1670. The van der Waals surface area contributed by atoms with Gasteiger partial charge in [-0.15, -0.1) is 35.9 Å². The Balaban J connectivity index is 0.000000189. The van der Waals surface area contributed by atoms with E-state index in [1.165, 1.54) is 25.0 Å². The maximum atomic E-state index is 4.81. The summed E-state index contributed by atoms with van der Waals surface area (Å²) in [6, 6.07) is 42.0. The fraction of sp³-hybridized carbons (Fsp3) is 0.189. The van der Waals surface area contributed by atoms with Crippen LogP contribution >= 0.6 is 0 Å². The zero-order valence-corrected chi connectivity index (χ0v) is 29.9. The van der Waals surface area contributed by atoms with E-state index in [-0.39, 0.29) is 20.1 Å². The Hall–Kier alpha value is -2.91. The summed E-state index contributed by atoms with van der Waals surface area (Å²) in [6.07, 6.45) is 3.24. The molecule has 215 valence electrons. The molecule has 3 aromatic carbocycles. The standard InChI is InChI=1S/C19H12NSe.C18H24NSi.Ir/c1-3-7-14(8-4-1)16-11-12-18-17(20-16)13-19(21-18)15-9-5-2-6-10-15;1-14(2)11-16-12-17(15-9-7-6-8-10-15)19-13-18(16)20(3,4)5;/h1-7,9-13H;6-9,12-14H,11H2,1-5H3;/q2*-1;. The van der Waals surface area contributed by atoms with Gasteiger partial charge in [0.1, 0.15) is 0 Å². The molecule has 6 aromatic rings. The molecule has 3 aromatic heterocycles. The van der Waals surface area contributed by atoms with Crippen molar-refractivity contribution in [3.8, 4) is 32.5 Å². The minimum atomic E-state index is -1.34. The van der Waals surface area contributed by atoms with Crippen LogP contribution in [0.1, 0.15) is 19.4 Å². The zero-order chi connectivity index (χ0) is 28.8. The number of rotatable bonds is 6. The average molecular weight is 808 g/mol. The van der Waals surface area contributed by atoms with Crippen LogP contribution in [0.5, 0.6) is 0 Å². The molecule has 0 bridgehead atoms. The predicted octanol–water partition coefficient (Wildman–Crippen LogP) is 8.72. The molecule has 0 aliphatic rings. The van der Waals surface area contributed by atoms with Crippen molar-refractivity contribution in [3.63, 3.8) is 0 Å². The van der Waals surface area contributed by atoms with Gasteiger partial charge in [0.05, 0.1) is 8.07 Å². The Morgan fingerprint density at radius 1 is 0.762 bits per heavy atom. The monoisotopic (exact) mass is 809 g/mol. The molecule has 2 nitrogen and oxygen atoms in total. The molecule has 0 saturated heterocycles. The van der Waals surface area contributed by atoms with Crippen molar-refractivity contribution in [1.29, 1.82) is 0 Å². The van der Waals surface area contributed by atoms with Crippen LogP contribution in [-0.4, -0.2) is 32.5 Å². The van der Waals surface area contributed by atoms with Crippen molar-refractivity contribution < 1.29 is 20.1 Å². The molecule has 0 unspecified atom stereocenters. The number of fused-ring (bicyclic) bond motifs is 1. The van der Waals surface area contributed by atoms with Crippen molar-refractivity contribution in [2.45, 2.75) is 39.9 Å². The fourth-order valence-corrected chi connectivity index (χ4v) is 8.55. The van der Waals surface area contributed by atoms with E-state index in [4.69, 9.17) is 4.98 Å². The van der Waals surface area contributed by atoms with Gasteiger partial charge in [0.25, 0.3) is 0 Å². The first-order chi connectivity index (χ1) is 19.8. The number of nitrogens with zero attached hydrogens (tertiary/aromatic N) is 2. The molecule has 0 aliphatic heterocycles. The van der Waals surface area contributed by atoms with E-state index in [1.54, 1.807) is 0 Å². The number of pyridine rings is 2. The van der Waals surface area contributed by atoms with E-state index in [2.05, 4.69) is 124 Å². The van der Waals surface area contributed by atoms with E-state index < -0.39 is 8.07 Å². The third-order valence-corrected chi connectivity index (χ3v) is 11.3. The molecular formula is C37H36IrN2SeSi-2. The normalized spacial score (nSPS) is 11.1. The van der Waals surface area contributed by atoms with Crippen molar-refractivity contribution in [2.24, 2.45) is 5.92 Å². The molecule has 0 spiro atoms. The van der Waals surface area contributed by atoms with Gasteiger partial charge in [-0.3, -0.25) is 0 Å². The number of hydrogen-bond donors (Lipinski definition) is 0. The summed E-state index contributed by atoms with van der Waals surface area (Å²) in [5, 5.41) is 1.49. The summed E-state index contributed by atoms with van der Waals surface area (Å²) in [5.41, 5.74) is 8.07. The Morgan fingerprint density at radius 2 is 1.40 bits per heavy atom. The van der Waals surface area contributed by atoms with Crippen LogP contribution in [0.4, 0.5) is 0 Å². The first-order valence-corrected chi connectivity index (χ1v) is 19.4. The maximum absolute atomic E-state index is 4.81. The Labute approximate surface area is 271 Å². The molecule has 0 aliphatic carbocycles. The Morgan fingerprint density at radius 3 is 2.00 bits per heavy atom. The molecule has 1 radical (unpaired) electrons. The van der Waals surface area contributed by atoms with E-state index in [1.807, 2.05) is 36.4 Å². The van der Waals surface area contributed by atoms with E-state index in [0.717, 1.165) is 34.5 Å². The van der Waals surface area contributed by atoms with Crippen LogP contribution in [0.3, 0.4) is 0 Å². The minimum absolute atomic E-state index is 0. The number of aromatic nitrogens is 2. The third kappa shape index (κ3) is 8.13. The predicted molar refractivity (Wildman–Crippen MR) is 178 cm³/mol. The average Bonchev–Trinajstić information content (AvgIpc) is 3.42. The first-order valence-electron chi connectivity index (χ1n) is 14.2. The van der Waals surface area contributed by atoms with Gasteiger partial charge in [-0.05, 0) is 23.2 Å². The molecular weight excluding hydrogens is 772 g/mol. The molecule has 3 heterocycles. The quantitative estimate of drug-likeness (QED) is 0.124. The van der Waals surface area contributed by atoms with Crippen LogP contribution in [-0.2, 0) is 26.5 Å². The van der Waals surface area contributed by atoms with Crippen molar-refractivity contribution in [3.05, 3.63) is 127 Å². The van der Waals surface area contributed by atoms with Gasteiger partial charge in [0, 0.05) is 26.3 Å².